The summed E-state index contributed by atoms with van der Waals surface area (Å²) in [5.41, 5.74) is 3.34. The fourth-order valence-electron chi connectivity index (χ4n) is 4.76. The monoisotopic (exact) mass is 467 g/mol. The van der Waals surface area contributed by atoms with Crippen molar-refractivity contribution in [3.8, 4) is 11.5 Å². The van der Waals surface area contributed by atoms with Crippen molar-refractivity contribution in [3.05, 3.63) is 68.7 Å². The summed E-state index contributed by atoms with van der Waals surface area (Å²) in [5, 5.41) is 5.42. The Balaban J connectivity index is 1.86. The second-order valence-electron chi connectivity index (χ2n) is 8.25. The quantitative estimate of drug-likeness (QED) is 0.573. The molecule has 0 fully saturated rings. The minimum Gasteiger partial charge on any atom is -0.493 e. The SMILES string of the molecule is CCCOC(=O)C1=C(C)NC2=C(C(=O)C[C@@H](c3cccs3)C2)[C@@H]1c1cccc(OC)c1OC. The number of ether oxygens (including phenoxy) is 3. The van der Waals surface area contributed by atoms with E-state index < -0.39 is 11.9 Å². The maximum absolute atomic E-state index is 13.6. The molecule has 1 N–H and O–H groups in total. The molecule has 1 aliphatic heterocycles. The summed E-state index contributed by atoms with van der Waals surface area (Å²) in [6.07, 6.45) is 1.83. The number of allylic oxidation sites excluding steroid dienone is 3. The number of nitrogens with one attached hydrogen (secondary N) is 1. The summed E-state index contributed by atoms with van der Waals surface area (Å²) in [6, 6.07) is 9.64. The Kier molecular flexibility index (Phi) is 6.88. The fourth-order valence-corrected chi connectivity index (χ4v) is 5.59. The van der Waals surface area contributed by atoms with Crippen LogP contribution in [-0.4, -0.2) is 32.6 Å². The van der Waals surface area contributed by atoms with Crippen LogP contribution in [0.2, 0.25) is 0 Å². The molecule has 1 aromatic heterocycles. The molecule has 2 atom stereocenters. The summed E-state index contributed by atoms with van der Waals surface area (Å²) < 4.78 is 16.8. The van der Waals surface area contributed by atoms with Crippen molar-refractivity contribution < 1.29 is 23.8 Å². The molecule has 2 heterocycles. The van der Waals surface area contributed by atoms with Crippen LogP contribution in [-0.2, 0) is 14.3 Å². The van der Waals surface area contributed by atoms with Gasteiger partial charge in [0.05, 0.1) is 32.3 Å². The molecular formula is C26H29NO5S. The fraction of sp³-hybridized carbons (Fsp3) is 0.385. The second kappa shape index (κ2) is 9.83. The summed E-state index contributed by atoms with van der Waals surface area (Å²) >= 11 is 1.67. The van der Waals surface area contributed by atoms with E-state index in [0.717, 1.165) is 11.3 Å². The third kappa shape index (κ3) is 4.29. The first-order valence-corrected chi connectivity index (χ1v) is 12.0. The first-order chi connectivity index (χ1) is 16.0. The Hall–Kier alpha value is -3.06. The molecule has 2 aliphatic rings. The van der Waals surface area contributed by atoms with Gasteiger partial charge in [-0.25, -0.2) is 4.79 Å². The van der Waals surface area contributed by atoms with Crippen molar-refractivity contribution in [3.63, 3.8) is 0 Å². The largest absolute Gasteiger partial charge is 0.493 e. The molecule has 1 aliphatic carbocycles. The van der Waals surface area contributed by atoms with Gasteiger partial charge in [0.1, 0.15) is 0 Å². The number of Topliss-reactive ketones (excluding diaryl/α,β-unsaturated/α-hetero) is 1. The number of benzene rings is 1. The van der Waals surface area contributed by atoms with Crippen LogP contribution in [0.3, 0.4) is 0 Å². The Bertz CT molecular complexity index is 1120. The average Bonchev–Trinajstić information content (AvgIpc) is 3.36. The lowest BCUT2D eigenvalue weighted by Crippen LogP contribution is -2.36. The van der Waals surface area contributed by atoms with Gasteiger partial charge in [0.15, 0.2) is 17.3 Å². The smallest absolute Gasteiger partial charge is 0.336 e. The Morgan fingerprint density at radius 3 is 2.64 bits per heavy atom. The van der Waals surface area contributed by atoms with Gasteiger partial charge in [-0.3, -0.25) is 4.79 Å². The van der Waals surface area contributed by atoms with E-state index in [-0.39, 0.29) is 11.7 Å². The first-order valence-electron chi connectivity index (χ1n) is 11.2. The number of thiophene rings is 1. The van der Waals surface area contributed by atoms with Crippen LogP contribution in [0.1, 0.15) is 55.4 Å². The Morgan fingerprint density at radius 2 is 1.97 bits per heavy atom. The molecule has 1 aromatic carbocycles. The number of esters is 1. The summed E-state index contributed by atoms with van der Waals surface area (Å²) in [5.74, 6) is 0.210. The maximum Gasteiger partial charge on any atom is 0.336 e. The van der Waals surface area contributed by atoms with E-state index in [1.54, 1.807) is 31.6 Å². The zero-order valence-corrected chi connectivity index (χ0v) is 20.2. The molecule has 0 unspecified atom stereocenters. The first kappa shape index (κ1) is 23.1. The van der Waals surface area contributed by atoms with Crippen molar-refractivity contribution in [2.75, 3.05) is 20.8 Å². The van der Waals surface area contributed by atoms with Gasteiger partial charge in [0.2, 0.25) is 0 Å². The van der Waals surface area contributed by atoms with E-state index in [1.807, 2.05) is 37.4 Å². The highest BCUT2D eigenvalue weighted by Crippen LogP contribution is 2.49. The molecule has 0 saturated carbocycles. The number of hydrogen-bond donors (Lipinski definition) is 1. The minimum atomic E-state index is -0.590. The number of carbonyl (C=O) groups is 2. The van der Waals surface area contributed by atoms with Gasteiger partial charge < -0.3 is 19.5 Å². The number of methoxy groups -OCH3 is 2. The van der Waals surface area contributed by atoms with Crippen molar-refractivity contribution in [2.24, 2.45) is 0 Å². The number of dihydropyridines is 1. The summed E-state index contributed by atoms with van der Waals surface area (Å²) in [6.45, 7) is 4.13. The highest BCUT2D eigenvalue weighted by Gasteiger charge is 2.43. The second-order valence-corrected chi connectivity index (χ2v) is 9.23. The zero-order chi connectivity index (χ0) is 23.5. The number of hydrogen-bond acceptors (Lipinski definition) is 7. The highest BCUT2D eigenvalue weighted by molar-refractivity contribution is 7.10. The topological polar surface area (TPSA) is 73.9 Å². The lowest BCUT2D eigenvalue weighted by Gasteiger charge is -2.36. The normalized spacial score (nSPS) is 20.3. The average molecular weight is 468 g/mol. The third-order valence-corrected chi connectivity index (χ3v) is 7.21. The minimum absolute atomic E-state index is 0.0327. The molecule has 0 bridgehead atoms. The molecular weight excluding hydrogens is 438 g/mol. The van der Waals surface area contributed by atoms with Gasteiger partial charge in [-0.1, -0.05) is 25.1 Å². The highest BCUT2D eigenvalue weighted by atomic mass is 32.1. The van der Waals surface area contributed by atoms with Crippen LogP contribution < -0.4 is 14.8 Å². The standard InChI is InChI=1S/C26H29NO5S/c1-5-11-32-26(29)22-15(2)27-18-13-16(21-10-7-12-33-21)14-19(28)24(18)23(22)17-8-6-9-20(30-3)25(17)31-4/h6-10,12,16,23,27H,5,11,13-14H2,1-4H3/t16-,23+/m0/s1. The molecule has 7 heteroatoms. The molecule has 33 heavy (non-hydrogen) atoms. The van der Waals surface area contributed by atoms with Crippen molar-refractivity contribution in [2.45, 2.75) is 44.9 Å². The molecule has 2 aromatic rings. The van der Waals surface area contributed by atoms with Crippen molar-refractivity contribution >= 4 is 23.1 Å². The molecule has 0 amide bonds. The van der Waals surface area contributed by atoms with Crippen LogP contribution in [0.15, 0.2) is 58.3 Å². The van der Waals surface area contributed by atoms with Crippen LogP contribution in [0.25, 0.3) is 0 Å². The van der Waals surface area contributed by atoms with E-state index in [1.165, 1.54) is 4.88 Å². The number of ketones is 1. The Labute approximate surface area is 198 Å². The lowest BCUT2D eigenvalue weighted by molar-refractivity contribution is -0.139. The number of para-hydroxylation sites is 1. The van der Waals surface area contributed by atoms with E-state index in [4.69, 9.17) is 14.2 Å². The Morgan fingerprint density at radius 1 is 1.15 bits per heavy atom. The van der Waals surface area contributed by atoms with E-state index in [9.17, 15) is 9.59 Å². The molecule has 0 spiro atoms. The van der Waals surface area contributed by atoms with E-state index in [2.05, 4.69) is 11.4 Å². The van der Waals surface area contributed by atoms with Gasteiger partial charge in [-0.2, -0.15) is 0 Å². The predicted octanol–water partition coefficient (Wildman–Crippen LogP) is 5.08. The third-order valence-electron chi connectivity index (χ3n) is 6.17. The molecule has 174 valence electrons. The van der Waals surface area contributed by atoms with Gasteiger partial charge in [-0.05, 0) is 37.3 Å². The van der Waals surface area contributed by atoms with Crippen LogP contribution in [0.5, 0.6) is 11.5 Å². The summed E-state index contributed by atoms with van der Waals surface area (Å²) in [4.78, 5) is 28.0. The lowest BCUT2D eigenvalue weighted by atomic mass is 9.72. The van der Waals surface area contributed by atoms with Crippen LogP contribution in [0.4, 0.5) is 0 Å². The number of rotatable bonds is 7. The van der Waals surface area contributed by atoms with Gasteiger partial charge in [-0.15, -0.1) is 11.3 Å². The van der Waals surface area contributed by atoms with Gasteiger partial charge in [0, 0.05) is 39.7 Å². The zero-order valence-electron chi connectivity index (χ0n) is 19.4. The van der Waals surface area contributed by atoms with Gasteiger partial charge >= 0.3 is 5.97 Å². The maximum atomic E-state index is 13.6. The number of carbonyl (C=O) groups excluding carboxylic acids is 2. The van der Waals surface area contributed by atoms with E-state index in [0.29, 0.717) is 54.2 Å². The molecule has 4 rings (SSSR count). The molecule has 0 radical (unpaired) electrons. The van der Waals surface area contributed by atoms with Crippen LogP contribution >= 0.6 is 11.3 Å². The molecule has 0 saturated heterocycles. The van der Waals surface area contributed by atoms with Crippen molar-refractivity contribution in [1.29, 1.82) is 0 Å². The molecule has 6 nitrogen and oxygen atoms in total. The van der Waals surface area contributed by atoms with E-state index >= 15 is 0 Å². The van der Waals surface area contributed by atoms with Gasteiger partial charge in [0.25, 0.3) is 0 Å². The predicted molar refractivity (Wildman–Crippen MR) is 128 cm³/mol. The van der Waals surface area contributed by atoms with Crippen molar-refractivity contribution in [1.82, 2.24) is 5.32 Å². The van der Waals surface area contributed by atoms with Crippen LogP contribution in [0, 0.1) is 0 Å². The summed E-state index contributed by atoms with van der Waals surface area (Å²) in [7, 11) is 3.14.